The van der Waals surface area contributed by atoms with Gasteiger partial charge >= 0.3 is 5.97 Å². The van der Waals surface area contributed by atoms with Crippen LogP contribution in [0, 0.1) is 6.92 Å². The Labute approximate surface area is 110 Å². The molecule has 1 aromatic rings. The fourth-order valence-electron chi connectivity index (χ4n) is 1.78. The first-order valence-corrected chi connectivity index (χ1v) is 6.53. The number of aryl methyl sites for hydroxylation is 1. The SMILES string of the molecule is CCOC(=O)/C=C/CC[C@H](C)c1ccc(C)cc1. The predicted octanol–water partition coefficient (Wildman–Crippen LogP) is 4.00. The highest BCUT2D eigenvalue weighted by Crippen LogP contribution is 2.20. The molecule has 18 heavy (non-hydrogen) atoms. The molecule has 1 aromatic carbocycles. The van der Waals surface area contributed by atoms with Crippen LogP contribution < -0.4 is 0 Å². The van der Waals surface area contributed by atoms with Gasteiger partial charge in [0.15, 0.2) is 0 Å². The molecule has 0 aliphatic heterocycles. The zero-order chi connectivity index (χ0) is 13.4. The van der Waals surface area contributed by atoms with E-state index in [1.807, 2.05) is 13.0 Å². The number of allylic oxidation sites excluding steroid dienone is 1. The third-order valence-electron chi connectivity index (χ3n) is 2.95. The smallest absolute Gasteiger partial charge is 0.330 e. The van der Waals surface area contributed by atoms with E-state index < -0.39 is 0 Å². The molecule has 0 N–H and O–H groups in total. The van der Waals surface area contributed by atoms with E-state index in [4.69, 9.17) is 4.74 Å². The number of rotatable bonds is 6. The first kappa shape index (κ1) is 14.5. The van der Waals surface area contributed by atoms with E-state index in [0.29, 0.717) is 12.5 Å². The summed E-state index contributed by atoms with van der Waals surface area (Å²) in [6.45, 7) is 6.55. The van der Waals surface area contributed by atoms with E-state index in [1.54, 1.807) is 0 Å². The van der Waals surface area contributed by atoms with Crippen molar-refractivity contribution in [3.63, 3.8) is 0 Å². The Morgan fingerprint density at radius 1 is 1.33 bits per heavy atom. The van der Waals surface area contributed by atoms with E-state index >= 15 is 0 Å². The first-order chi connectivity index (χ1) is 8.63. The van der Waals surface area contributed by atoms with E-state index in [-0.39, 0.29) is 5.97 Å². The fraction of sp³-hybridized carbons (Fsp3) is 0.438. The summed E-state index contributed by atoms with van der Waals surface area (Å²) in [5.74, 6) is 0.262. The molecule has 2 nitrogen and oxygen atoms in total. The maximum absolute atomic E-state index is 11.1. The molecule has 0 saturated carbocycles. The molecule has 2 heteroatoms. The molecule has 0 saturated heterocycles. The topological polar surface area (TPSA) is 26.3 Å². The molecule has 0 spiro atoms. The summed E-state index contributed by atoms with van der Waals surface area (Å²) in [4.78, 5) is 11.1. The van der Waals surface area contributed by atoms with Crippen LogP contribution in [-0.4, -0.2) is 12.6 Å². The minimum absolute atomic E-state index is 0.250. The molecule has 0 heterocycles. The van der Waals surface area contributed by atoms with Crippen molar-refractivity contribution in [1.82, 2.24) is 0 Å². The third kappa shape index (κ3) is 5.17. The van der Waals surface area contributed by atoms with Gasteiger partial charge in [-0.25, -0.2) is 4.79 Å². The third-order valence-corrected chi connectivity index (χ3v) is 2.95. The van der Waals surface area contributed by atoms with Gasteiger partial charge in [-0.2, -0.15) is 0 Å². The van der Waals surface area contributed by atoms with Gasteiger partial charge in [0.2, 0.25) is 0 Å². The maximum atomic E-state index is 11.1. The number of hydrogen-bond donors (Lipinski definition) is 0. The number of hydrogen-bond acceptors (Lipinski definition) is 2. The summed E-state index contributed by atoms with van der Waals surface area (Å²) in [6.07, 6.45) is 5.35. The predicted molar refractivity (Wildman–Crippen MR) is 74.6 cm³/mol. The van der Waals surface area contributed by atoms with E-state index in [9.17, 15) is 4.79 Å². The quantitative estimate of drug-likeness (QED) is 0.560. The van der Waals surface area contributed by atoms with Crippen molar-refractivity contribution in [2.24, 2.45) is 0 Å². The van der Waals surface area contributed by atoms with Crippen LogP contribution in [-0.2, 0) is 9.53 Å². The lowest BCUT2D eigenvalue weighted by atomic mass is 9.95. The summed E-state index contributed by atoms with van der Waals surface area (Å²) in [6, 6.07) is 8.63. The van der Waals surface area contributed by atoms with Gasteiger partial charge in [0, 0.05) is 6.08 Å². The number of carbonyl (C=O) groups excluding carboxylic acids is 1. The van der Waals surface area contributed by atoms with Crippen molar-refractivity contribution in [1.29, 1.82) is 0 Å². The van der Waals surface area contributed by atoms with Gasteiger partial charge in [-0.05, 0) is 38.2 Å². The second-order valence-electron chi connectivity index (χ2n) is 4.54. The van der Waals surface area contributed by atoms with E-state index in [0.717, 1.165) is 12.8 Å². The number of esters is 1. The summed E-state index contributed by atoms with van der Waals surface area (Å²) < 4.78 is 4.82. The van der Waals surface area contributed by atoms with Crippen molar-refractivity contribution < 1.29 is 9.53 Å². The van der Waals surface area contributed by atoms with Gasteiger partial charge in [0.25, 0.3) is 0 Å². The molecule has 98 valence electrons. The lowest BCUT2D eigenvalue weighted by Gasteiger charge is -2.10. The monoisotopic (exact) mass is 246 g/mol. The van der Waals surface area contributed by atoms with Crippen molar-refractivity contribution in [2.45, 2.75) is 39.5 Å². The second kappa shape index (κ2) is 7.70. The van der Waals surface area contributed by atoms with Gasteiger partial charge in [-0.15, -0.1) is 0 Å². The van der Waals surface area contributed by atoms with Crippen LogP contribution in [0.15, 0.2) is 36.4 Å². The molecule has 1 atom stereocenters. The van der Waals surface area contributed by atoms with Crippen LogP contribution in [0.4, 0.5) is 0 Å². The van der Waals surface area contributed by atoms with Crippen LogP contribution in [0.25, 0.3) is 0 Å². The van der Waals surface area contributed by atoms with Crippen LogP contribution in [0.2, 0.25) is 0 Å². The molecule has 0 fully saturated rings. The highest BCUT2D eigenvalue weighted by Gasteiger charge is 2.03. The molecular weight excluding hydrogens is 224 g/mol. The van der Waals surface area contributed by atoms with Gasteiger partial charge < -0.3 is 4.74 Å². The minimum atomic E-state index is -0.250. The van der Waals surface area contributed by atoms with Crippen molar-refractivity contribution in [3.8, 4) is 0 Å². The molecule has 0 unspecified atom stereocenters. The van der Waals surface area contributed by atoms with Gasteiger partial charge in [-0.1, -0.05) is 42.8 Å². The maximum Gasteiger partial charge on any atom is 0.330 e. The summed E-state index contributed by atoms with van der Waals surface area (Å²) >= 11 is 0. The average Bonchev–Trinajstić information content (AvgIpc) is 2.35. The molecule has 0 aliphatic rings. The molecule has 1 rings (SSSR count). The Morgan fingerprint density at radius 3 is 2.61 bits per heavy atom. The van der Waals surface area contributed by atoms with Crippen LogP contribution >= 0.6 is 0 Å². The molecule has 0 aromatic heterocycles. The second-order valence-corrected chi connectivity index (χ2v) is 4.54. The molecule has 0 radical (unpaired) electrons. The average molecular weight is 246 g/mol. The zero-order valence-corrected chi connectivity index (χ0v) is 11.5. The largest absolute Gasteiger partial charge is 0.463 e. The Hall–Kier alpha value is -1.57. The number of carbonyl (C=O) groups is 1. The summed E-state index contributed by atoms with van der Waals surface area (Å²) in [5, 5.41) is 0. The lowest BCUT2D eigenvalue weighted by Crippen LogP contribution is -1.99. The highest BCUT2D eigenvalue weighted by atomic mass is 16.5. The van der Waals surface area contributed by atoms with E-state index in [1.165, 1.54) is 17.2 Å². The Morgan fingerprint density at radius 2 is 2.00 bits per heavy atom. The fourth-order valence-corrected chi connectivity index (χ4v) is 1.78. The Balaban J connectivity index is 2.35. The summed E-state index contributed by atoms with van der Waals surface area (Å²) in [7, 11) is 0. The number of ether oxygens (including phenoxy) is 1. The van der Waals surface area contributed by atoms with Crippen molar-refractivity contribution in [3.05, 3.63) is 47.5 Å². The molecule has 0 amide bonds. The molecular formula is C16H22O2. The molecule has 0 bridgehead atoms. The Kier molecular flexibility index (Phi) is 6.20. The lowest BCUT2D eigenvalue weighted by molar-refractivity contribution is -0.137. The van der Waals surface area contributed by atoms with Crippen molar-refractivity contribution >= 4 is 5.97 Å². The van der Waals surface area contributed by atoms with Gasteiger partial charge in [0.1, 0.15) is 0 Å². The minimum Gasteiger partial charge on any atom is -0.463 e. The number of benzene rings is 1. The van der Waals surface area contributed by atoms with Crippen LogP contribution in [0.5, 0.6) is 0 Å². The zero-order valence-electron chi connectivity index (χ0n) is 11.5. The highest BCUT2D eigenvalue weighted by molar-refractivity contribution is 5.81. The first-order valence-electron chi connectivity index (χ1n) is 6.53. The van der Waals surface area contributed by atoms with Crippen molar-refractivity contribution in [2.75, 3.05) is 6.61 Å². The van der Waals surface area contributed by atoms with E-state index in [2.05, 4.69) is 38.1 Å². The van der Waals surface area contributed by atoms with Crippen LogP contribution in [0.1, 0.15) is 43.7 Å². The van der Waals surface area contributed by atoms with Crippen LogP contribution in [0.3, 0.4) is 0 Å². The Bertz CT molecular complexity index is 390. The van der Waals surface area contributed by atoms with Gasteiger partial charge in [-0.3, -0.25) is 0 Å². The van der Waals surface area contributed by atoms with Gasteiger partial charge in [0.05, 0.1) is 6.61 Å². The molecule has 0 aliphatic carbocycles. The standard InChI is InChI=1S/C16H22O2/c1-4-18-16(17)8-6-5-7-14(3)15-11-9-13(2)10-12-15/h6,8-12,14H,4-5,7H2,1-3H3/b8-6+/t14-/m0/s1. The summed E-state index contributed by atoms with van der Waals surface area (Å²) in [5.41, 5.74) is 2.64. The normalized spacial score (nSPS) is 12.6.